The van der Waals surface area contributed by atoms with Crippen LogP contribution in [0.1, 0.15) is 59.1 Å². The molecule has 0 heterocycles. The first-order valence-corrected chi connectivity index (χ1v) is 23.8. The molecule has 0 aromatic heterocycles. The lowest BCUT2D eigenvalue weighted by molar-refractivity contribution is -0.143. The number of hydrogen-bond donors (Lipinski definition) is 4. The molecule has 0 aliphatic rings. The molecule has 0 saturated carbocycles. The van der Waals surface area contributed by atoms with Crippen LogP contribution < -0.4 is 29.6 Å². The standard InChI is InChI=1S/C61H62N2O8/c1-59(2,57(64)62-39-60(66,37-41-17-11-25-47(33-41)68-3)55(45-23-13-27-49(35-45)70-5)53-31-15-21-43-19-7-9-29-51(43)53)58(65)63-40-61(67,38-42-18-12-26-48(34-42)69-4)56(46-24-14-28-50(36-46)71-6)54-32-16-22-44-20-8-10-30-52(44)54/h7-36,55-56,66-67H,37-40H2,1-6H3,(H,62,64)(H,63,65). The first-order chi connectivity index (χ1) is 34.3. The summed E-state index contributed by atoms with van der Waals surface area (Å²) in [5, 5.41) is 37.0. The summed E-state index contributed by atoms with van der Waals surface area (Å²) in [5.41, 5.74) is -0.288. The lowest BCUT2D eigenvalue weighted by atomic mass is 9.72. The molecule has 2 amide bonds. The van der Waals surface area contributed by atoms with Gasteiger partial charge in [0.1, 0.15) is 28.4 Å². The summed E-state index contributed by atoms with van der Waals surface area (Å²) in [6, 6.07) is 58.2. The Kier molecular flexibility index (Phi) is 15.1. The van der Waals surface area contributed by atoms with Crippen molar-refractivity contribution in [2.75, 3.05) is 41.5 Å². The molecule has 0 saturated heterocycles. The number of benzene rings is 8. The Morgan fingerprint density at radius 1 is 0.451 bits per heavy atom. The highest BCUT2D eigenvalue weighted by Gasteiger charge is 2.45. The molecule has 0 bridgehead atoms. The van der Waals surface area contributed by atoms with Crippen LogP contribution in [0.15, 0.2) is 182 Å². The maximum Gasteiger partial charge on any atom is 0.235 e. The van der Waals surface area contributed by atoms with Gasteiger partial charge in [-0.2, -0.15) is 0 Å². The third-order valence-corrected chi connectivity index (χ3v) is 13.7. The van der Waals surface area contributed by atoms with Gasteiger partial charge in [0.05, 0.1) is 39.6 Å². The van der Waals surface area contributed by atoms with Crippen LogP contribution in [-0.2, 0) is 22.4 Å². The Morgan fingerprint density at radius 2 is 0.789 bits per heavy atom. The van der Waals surface area contributed by atoms with Crippen molar-refractivity contribution in [2.45, 2.75) is 49.7 Å². The summed E-state index contributed by atoms with van der Waals surface area (Å²) in [4.78, 5) is 29.6. The number of fused-ring (bicyclic) bond motifs is 2. The minimum atomic E-state index is -1.69. The fourth-order valence-electron chi connectivity index (χ4n) is 10.0. The van der Waals surface area contributed by atoms with Crippen LogP contribution in [0.5, 0.6) is 23.0 Å². The summed E-state index contributed by atoms with van der Waals surface area (Å²) in [6.45, 7) is 2.61. The van der Waals surface area contributed by atoms with E-state index in [1.165, 1.54) is 0 Å². The second-order valence-corrected chi connectivity index (χ2v) is 18.8. The SMILES string of the molecule is COc1cccc(CC(O)(CNC(=O)C(C)(C)C(=O)NCC(O)(Cc2cccc(OC)c2)C(c2cccc(OC)c2)c2cccc3ccccc23)C(c2cccc(OC)c2)c2cccc3ccccc23)c1. The van der Waals surface area contributed by atoms with Gasteiger partial charge in [-0.05, 0) is 117 Å². The summed E-state index contributed by atoms with van der Waals surface area (Å²) in [5.74, 6) is -0.182. The number of carbonyl (C=O) groups excluding carboxylic acids is 2. The Balaban J connectivity index is 1.16. The summed E-state index contributed by atoms with van der Waals surface area (Å²) >= 11 is 0. The van der Waals surface area contributed by atoms with Crippen molar-refractivity contribution in [3.8, 4) is 23.0 Å². The van der Waals surface area contributed by atoms with Gasteiger partial charge in [0, 0.05) is 37.8 Å². The van der Waals surface area contributed by atoms with Gasteiger partial charge >= 0.3 is 0 Å². The average molecular weight is 951 g/mol. The summed E-state index contributed by atoms with van der Waals surface area (Å²) < 4.78 is 22.6. The number of nitrogens with one attached hydrogen (secondary N) is 2. The predicted molar refractivity (Wildman–Crippen MR) is 281 cm³/mol. The third kappa shape index (κ3) is 10.9. The van der Waals surface area contributed by atoms with E-state index >= 15 is 0 Å². The highest BCUT2D eigenvalue weighted by atomic mass is 16.5. The van der Waals surface area contributed by atoms with Crippen LogP contribution in [0.4, 0.5) is 0 Å². The zero-order valence-corrected chi connectivity index (χ0v) is 41.1. The number of amides is 2. The summed E-state index contributed by atoms with van der Waals surface area (Å²) in [7, 11) is 6.39. The average Bonchev–Trinajstić information content (AvgIpc) is 3.40. The molecule has 10 heteroatoms. The van der Waals surface area contributed by atoms with Crippen molar-refractivity contribution >= 4 is 33.4 Å². The van der Waals surface area contributed by atoms with Gasteiger partial charge in [-0.25, -0.2) is 0 Å². The van der Waals surface area contributed by atoms with Crippen LogP contribution in [0, 0.1) is 5.41 Å². The van der Waals surface area contributed by atoms with Crippen molar-refractivity contribution in [3.05, 3.63) is 215 Å². The molecular formula is C61H62N2O8. The fourth-order valence-corrected chi connectivity index (χ4v) is 10.0. The lowest BCUT2D eigenvalue weighted by Gasteiger charge is -2.40. The number of aliphatic hydroxyl groups is 2. The zero-order chi connectivity index (χ0) is 50.2. The van der Waals surface area contributed by atoms with E-state index < -0.39 is 40.3 Å². The number of methoxy groups -OCH3 is 4. The van der Waals surface area contributed by atoms with Crippen molar-refractivity contribution in [1.82, 2.24) is 10.6 Å². The van der Waals surface area contributed by atoms with Crippen LogP contribution >= 0.6 is 0 Å². The Bertz CT molecular complexity index is 2930. The molecule has 0 aliphatic carbocycles. The molecule has 0 radical (unpaired) electrons. The van der Waals surface area contributed by atoms with E-state index in [0.29, 0.717) is 23.0 Å². The van der Waals surface area contributed by atoms with E-state index in [2.05, 4.69) is 10.6 Å². The van der Waals surface area contributed by atoms with Crippen LogP contribution in [0.2, 0.25) is 0 Å². The minimum Gasteiger partial charge on any atom is -0.497 e. The molecule has 8 rings (SSSR count). The smallest absolute Gasteiger partial charge is 0.235 e. The van der Waals surface area contributed by atoms with Crippen LogP contribution in [0.3, 0.4) is 0 Å². The number of carbonyl (C=O) groups is 2. The van der Waals surface area contributed by atoms with E-state index in [1.54, 1.807) is 42.3 Å². The van der Waals surface area contributed by atoms with Crippen molar-refractivity contribution in [1.29, 1.82) is 0 Å². The molecule has 10 nitrogen and oxygen atoms in total. The van der Waals surface area contributed by atoms with E-state index in [9.17, 15) is 19.8 Å². The topological polar surface area (TPSA) is 136 Å². The predicted octanol–water partition coefficient (Wildman–Crippen LogP) is 10.2. The largest absolute Gasteiger partial charge is 0.497 e. The maximum atomic E-state index is 14.8. The molecule has 8 aromatic carbocycles. The van der Waals surface area contributed by atoms with Crippen molar-refractivity contribution in [2.24, 2.45) is 5.41 Å². The first-order valence-electron chi connectivity index (χ1n) is 23.8. The molecule has 0 fully saturated rings. The fraction of sp³-hybridized carbons (Fsp3) is 0.246. The van der Waals surface area contributed by atoms with Gasteiger partial charge in [0.25, 0.3) is 0 Å². The molecule has 0 aliphatic heterocycles. The Morgan fingerprint density at radius 3 is 1.18 bits per heavy atom. The molecule has 4 unspecified atom stereocenters. The Labute approximate surface area is 416 Å². The van der Waals surface area contributed by atoms with Crippen LogP contribution in [0.25, 0.3) is 21.5 Å². The lowest BCUT2D eigenvalue weighted by Crippen LogP contribution is -2.56. The molecule has 4 atom stereocenters. The van der Waals surface area contributed by atoms with Gasteiger partial charge < -0.3 is 39.8 Å². The second-order valence-electron chi connectivity index (χ2n) is 18.8. The van der Waals surface area contributed by atoms with Gasteiger partial charge in [0.15, 0.2) is 0 Å². The van der Waals surface area contributed by atoms with E-state index in [1.807, 2.05) is 182 Å². The van der Waals surface area contributed by atoms with Crippen molar-refractivity contribution in [3.63, 3.8) is 0 Å². The van der Waals surface area contributed by atoms with E-state index in [-0.39, 0.29) is 25.9 Å². The second kappa shape index (κ2) is 21.5. The third-order valence-electron chi connectivity index (χ3n) is 13.7. The molecular weight excluding hydrogens is 889 g/mol. The van der Waals surface area contributed by atoms with E-state index in [0.717, 1.165) is 54.9 Å². The highest BCUT2D eigenvalue weighted by molar-refractivity contribution is 6.04. The van der Waals surface area contributed by atoms with Crippen LogP contribution in [-0.4, -0.2) is 74.8 Å². The molecule has 364 valence electrons. The molecule has 71 heavy (non-hydrogen) atoms. The van der Waals surface area contributed by atoms with Crippen molar-refractivity contribution < 1.29 is 38.7 Å². The van der Waals surface area contributed by atoms with Gasteiger partial charge in [0.2, 0.25) is 11.8 Å². The molecule has 8 aromatic rings. The minimum absolute atomic E-state index is 0.0966. The summed E-state index contributed by atoms with van der Waals surface area (Å²) in [6.07, 6.45) is 0.193. The number of hydrogen-bond acceptors (Lipinski definition) is 8. The first kappa shape index (κ1) is 49.8. The van der Waals surface area contributed by atoms with E-state index in [4.69, 9.17) is 18.9 Å². The Hall–Kier alpha value is -7.66. The highest BCUT2D eigenvalue weighted by Crippen LogP contribution is 2.44. The normalized spacial score (nSPS) is 14.1. The number of ether oxygens (including phenoxy) is 4. The van der Waals surface area contributed by atoms with Gasteiger partial charge in [-0.3, -0.25) is 9.59 Å². The quantitative estimate of drug-likeness (QED) is 0.0555. The number of rotatable bonds is 20. The molecule has 0 spiro atoms. The monoisotopic (exact) mass is 950 g/mol. The van der Waals surface area contributed by atoms with Gasteiger partial charge in [-0.1, -0.05) is 133 Å². The maximum absolute atomic E-state index is 14.8. The van der Waals surface area contributed by atoms with Gasteiger partial charge in [-0.15, -0.1) is 0 Å². The zero-order valence-electron chi connectivity index (χ0n) is 41.1. The molecule has 4 N–H and O–H groups in total.